The molecule has 0 saturated carbocycles. The summed E-state index contributed by atoms with van der Waals surface area (Å²) < 4.78 is 37.4. The summed E-state index contributed by atoms with van der Waals surface area (Å²) in [5.41, 5.74) is -0.335. The Morgan fingerprint density at radius 2 is 1.94 bits per heavy atom. The molecule has 1 atom stereocenters. The average molecular weight is 265 g/mol. The SMILES string of the molecule is CC(=O)[C@](C)(Cl)Cc1cccc(C(F)(F)F)c1. The second-order valence-electron chi connectivity index (χ2n) is 4.13. The van der Waals surface area contributed by atoms with Crippen LogP contribution in [0.15, 0.2) is 24.3 Å². The van der Waals surface area contributed by atoms with Crippen LogP contribution in [0.1, 0.15) is 25.0 Å². The highest BCUT2D eigenvalue weighted by molar-refractivity contribution is 6.34. The molecule has 1 aromatic carbocycles. The molecule has 1 rings (SSSR count). The van der Waals surface area contributed by atoms with E-state index in [-0.39, 0.29) is 12.2 Å². The fraction of sp³-hybridized carbons (Fsp3) is 0.417. The summed E-state index contributed by atoms with van der Waals surface area (Å²) >= 11 is 5.94. The molecule has 1 aromatic rings. The zero-order chi connectivity index (χ0) is 13.3. The average Bonchev–Trinajstić information content (AvgIpc) is 2.15. The van der Waals surface area contributed by atoms with Gasteiger partial charge in [0.05, 0.1) is 5.56 Å². The van der Waals surface area contributed by atoms with E-state index in [1.54, 1.807) is 0 Å². The van der Waals surface area contributed by atoms with Gasteiger partial charge in [0, 0.05) is 0 Å². The van der Waals surface area contributed by atoms with Crippen molar-refractivity contribution in [3.63, 3.8) is 0 Å². The maximum Gasteiger partial charge on any atom is 0.416 e. The van der Waals surface area contributed by atoms with Gasteiger partial charge in [-0.2, -0.15) is 13.2 Å². The van der Waals surface area contributed by atoms with E-state index < -0.39 is 16.6 Å². The van der Waals surface area contributed by atoms with E-state index >= 15 is 0 Å². The molecule has 17 heavy (non-hydrogen) atoms. The first-order valence-corrected chi connectivity index (χ1v) is 5.37. The summed E-state index contributed by atoms with van der Waals surface area (Å²) in [4.78, 5) is 10.0. The molecular formula is C12H12ClF3O. The number of benzene rings is 1. The minimum Gasteiger partial charge on any atom is -0.298 e. The van der Waals surface area contributed by atoms with Crippen molar-refractivity contribution in [2.45, 2.75) is 31.3 Å². The molecule has 0 amide bonds. The summed E-state index contributed by atoms with van der Waals surface area (Å²) in [5, 5.41) is 0. The summed E-state index contributed by atoms with van der Waals surface area (Å²) in [6, 6.07) is 4.84. The Morgan fingerprint density at radius 3 is 2.41 bits per heavy atom. The molecule has 0 heterocycles. The maximum atomic E-state index is 12.5. The van der Waals surface area contributed by atoms with Gasteiger partial charge >= 0.3 is 6.18 Å². The van der Waals surface area contributed by atoms with Crippen LogP contribution < -0.4 is 0 Å². The minimum absolute atomic E-state index is 0.0772. The van der Waals surface area contributed by atoms with Crippen molar-refractivity contribution in [1.29, 1.82) is 0 Å². The van der Waals surface area contributed by atoms with Crippen molar-refractivity contribution in [2.24, 2.45) is 0 Å². The van der Waals surface area contributed by atoms with Crippen molar-refractivity contribution in [1.82, 2.24) is 0 Å². The van der Waals surface area contributed by atoms with Gasteiger partial charge in [0.2, 0.25) is 0 Å². The summed E-state index contributed by atoms with van der Waals surface area (Å²) in [5.74, 6) is -0.267. The van der Waals surface area contributed by atoms with Crippen LogP contribution in [0.5, 0.6) is 0 Å². The number of alkyl halides is 4. The zero-order valence-electron chi connectivity index (χ0n) is 9.44. The number of hydrogen-bond donors (Lipinski definition) is 0. The predicted molar refractivity (Wildman–Crippen MR) is 60.1 cm³/mol. The lowest BCUT2D eigenvalue weighted by Gasteiger charge is -2.19. The van der Waals surface area contributed by atoms with Gasteiger partial charge in [-0.3, -0.25) is 4.79 Å². The third-order valence-corrected chi connectivity index (χ3v) is 2.92. The van der Waals surface area contributed by atoms with E-state index in [2.05, 4.69) is 0 Å². The Hall–Kier alpha value is -1.03. The molecule has 0 aliphatic rings. The van der Waals surface area contributed by atoms with Crippen LogP contribution in [0, 0.1) is 0 Å². The number of ketones is 1. The van der Waals surface area contributed by atoms with E-state index in [4.69, 9.17) is 11.6 Å². The van der Waals surface area contributed by atoms with Gasteiger partial charge < -0.3 is 0 Å². The lowest BCUT2D eigenvalue weighted by molar-refractivity contribution is -0.137. The molecule has 1 nitrogen and oxygen atoms in total. The van der Waals surface area contributed by atoms with Crippen LogP contribution in [0.2, 0.25) is 0 Å². The van der Waals surface area contributed by atoms with Crippen LogP contribution in [0.3, 0.4) is 0 Å². The number of halogens is 4. The standard InChI is InChI=1S/C12H12ClF3O/c1-8(17)11(2,13)7-9-4-3-5-10(6-9)12(14,15)16/h3-6H,7H2,1-2H3/t11-/m1/s1. The van der Waals surface area contributed by atoms with Crippen molar-refractivity contribution in [3.05, 3.63) is 35.4 Å². The molecule has 0 aliphatic carbocycles. The molecule has 0 N–H and O–H groups in total. The Labute approximate surface area is 103 Å². The van der Waals surface area contributed by atoms with E-state index in [1.807, 2.05) is 0 Å². The molecule has 0 unspecified atom stereocenters. The first-order valence-electron chi connectivity index (χ1n) is 4.99. The summed E-state index contributed by atoms with van der Waals surface area (Å²) in [6.45, 7) is 2.82. The molecule has 0 aromatic heterocycles. The van der Waals surface area contributed by atoms with Crippen LogP contribution in [0.4, 0.5) is 13.2 Å². The van der Waals surface area contributed by atoms with E-state index in [0.29, 0.717) is 5.56 Å². The molecular weight excluding hydrogens is 253 g/mol. The van der Waals surface area contributed by atoms with Gasteiger partial charge in [0.1, 0.15) is 4.87 Å². The minimum atomic E-state index is -4.38. The Morgan fingerprint density at radius 1 is 1.35 bits per heavy atom. The van der Waals surface area contributed by atoms with Crippen LogP contribution >= 0.6 is 11.6 Å². The van der Waals surface area contributed by atoms with Gasteiger partial charge in [-0.25, -0.2) is 0 Å². The van der Waals surface area contributed by atoms with Crippen molar-refractivity contribution in [3.8, 4) is 0 Å². The van der Waals surface area contributed by atoms with Crippen LogP contribution in [-0.2, 0) is 17.4 Å². The second kappa shape index (κ2) is 4.69. The highest BCUT2D eigenvalue weighted by atomic mass is 35.5. The number of hydrogen-bond acceptors (Lipinski definition) is 1. The lowest BCUT2D eigenvalue weighted by atomic mass is 9.96. The van der Waals surface area contributed by atoms with Gasteiger partial charge in [0.25, 0.3) is 0 Å². The Balaban J connectivity index is 2.98. The predicted octanol–water partition coefficient (Wildman–Crippen LogP) is 3.83. The fourth-order valence-electron chi connectivity index (χ4n) is 1.37. The van der Waals surface area contributed by atoms with Crippen LogP contribution in [0.25, 0.3) is 0 Å². The molecule has 0 aliphatic heterocycles. The number of rotatable bonds is 3. The van der Waals surface area contributed by atoms with Gasteiger partial charge in [0.15, 0.2) is 5.78 Å². The molecule has 0 saturated heterocycles. The second-order valence-corrected chi connectivity index (χ2v) is 4.96. The fourth-order valence-corrected chi connectivity index (χ4v) is 1.52. The van der Waals surface area contributed by atoms with Gasteiger partial charge in [-0.15, -0.1) is 11.6 Å². The Kier molecular flexibility index (Phi) is 3.87. The van der Waals surface area contributed by atoms with Gasteiger partial charge in [-0.1, -0.05) is 18.2 Å². The molecule has 5 heteroatoms. The van der Waals surface area contributed by atoms with Crippen LogP contribution in [-0.4, -0.2) is 10.7 Å². The number of carbonyl (C=O) groups excluding carboxylic acids is 1. The lowest BCUT2D eigenvalue weighted by Crippen LogP contribution is -2.29. The number of Topliss-reactive ketones (excluding diaryl/α,β-unsaturated/α-hetero) is 1. The largest absolute Gasteiger partial charge is 0.416 e. The van der Waals surface area contributed by atoms with E-state index in [9.17, 15) is 18.0 Å². The summed E-state index contributed by atoms with van der Waals surface area (Å²) in [6.07, 6.45) is -4.30. The van der Waals surface area contributed by atoms with Crippen molar-refractivity contribution < 1.29 is 18.0 Å². The number of carbonyl (C=O) groups is 1. The quantitative estimate of drug-likeness (QED) is 0.758. The third-order valence-electron chi connectivity index (χ3n) is 2.52. The third kappa shape index (κ3) is 3.73. The first kappa shape index (κ1) is 14.0. The van der Waals surface area contributed by atoms with Gasteiger partial charge in [-0.05, 0) is 31.9 Å². The molecule has 94 valence electrons. The highest BCUT2D eigenvalue weighted by Crippen LogP contribution is 2.31. The highest BCUT2D eigenvalue weighted by Gasteiger charge is 2.32. The summed E-state index contributed by atoms with van der Waals surface area (Å²) in [7, 11) is 0. The topological polar surface area (TPSA) is 17.1 Å². The first-order chi connectivity index (χ1) is 7.63. The molecule has 0 radical (unpaired) electrons. The van der Waals surface area contributed by atoms with E-state index in [1.165, 1.54) is 26.0 Å². The normalized spacial score (nSPS) is 15.4. The smallest absolute Gasteiger partial charge is 0.298 e. The zero-order valence-corrected chi connectivity index (χ0v) is 10.2. The molecule has 0 fully saturated rings. The van der Waals surface area contributed by atoms with Crippen molar-refractivity contribution >= 4 is 17.4 Å². The van der Waals surface area contributed by atoms with E-state index in [0.717, 1.165) is 12.1 Å². The maximum absolute atomic E-state index is 12.5. The molecule has 0 spiro atoms. The van der Waals surface area contributed by atoms with Crippen molar-refractivity contribution in [2.75, 3.05) is 0 Å². The molecule has 0 bridgehead atoms. The monoisotopic (exact) mass is 264 g/mol. The Bertz CT molecular complexity index is 424.